The number of hydrogen-bond donors (Lipinski definition) is 1. The predicted octanol–water partition coefficient (Wildman–Crippen LogP) is 2.16. The molecule has 20 heavy (non-hydrogen) atoms. The van der Waals surface area contributed by atoms with E-state index in [2.05, 4.69) is 15.3 Å². The molecule has 0 saturated carbocycles. The third-order valence-corrected chi connectivity index (χ3v) is 3.56. The highest BCUT2D eigenvalue weighted by atomic mass is 32.1. The second kappa shape index (κ2) is 7.94. The molecule has 0 aliphatic rings. The van der Waals surface area contributed by atoms with E-state index in [9.17, 15) is 0 Å². The van der Waals surface area contributed by atoms with Crippen LogP contribution < -0.4 is 10.1 Å². The van der Waals surface area contributed by atoms with Gasteiger partial charge in [-0.3, -0.25) is 4.98 Å². The number of nitrogens with zero attached hydrogens (tertiary/aromatic N) is 2. The van der Waals surface area contributed by atoms with Crippen molar-refractivity contribution >= 4 is 11.3 Å². The van der Waals surface area contributed by atoms with Gasteiger partial charge in [-0.2, -0.15) is 0 Å². The molecule has 0 fully saturated rings. The molecule has 0 aliphatic heterocycles. The predicted molar refractivity (Wildman–Crippen MR) is 79.0 cm³/mol. The summed E-state index contributed by atoms with van der Waals surface area (Å²) < 4.78 is 10.6. The van der Waals surface area contributed by atoms with E-state index in [0.29, 0.717) is 13.2 Å². The second-order valence-corrected chi connectivity index (χ2v) is 5.27. The van der Waals surface area contributed by atoms with Crippen LogP contribution in [0, 0.1) is 6.92 Å². The van der Waals surface area contributed by atoms with E-state index in [1.807, 2.05) is 24.4 Å². The van der Waals surface area contributed by atoms with Crippen LogP contribution in [0.1, 0.15) is 16.4 Å². The molecule has 0 radical (unpaired) electrons. The van der Waals surface area contributed by atoms with Crippen molar-refractivity contribution in [2.75, 3.05) is 20.3 Å². The first-order valence-corrected chi connectivity index (χ1v) is 7.34. The van der Waals surface area contributed by atoms with Gasteiger partial charge in [0.2, 0.25) is 0 Å². The van der Waals surface area contributed by atoms with E-state index < -0.39 is 0 Å². The number of pyridine rings is 1. The standard InChI is InChI=1S/C14H19N3O2S/c1-11-10-20-14(17-11)9-19-13-4-3-12(16-8-13)7-15-5-6-18-2/h3-4,8,10,15H,5-7,9H2,1-2H3. The lowest BCUT2D eigenvalue weighted by Crippen LogP contribution is -2.19. The Morgan fingerprint density at radius 3 is 2.90 bits per heavy atom. The zero-order chi connectivity index (χ0) is 14.2. The Morgan fingerprint density at radius 1 is 1.35 bits per heavy atom. The average molecular weight is 293 g/mol. The molecule has 1 N–H and O–H groups in total. The van der Waals surface area contributed by atoms with Gasteiger partial charge in [0.1, 0.15) is 17.4 Å². The molecular formula is C14H19N3O2S. The number of methoxy groups -OCH3 is 1. The molecular weight excluding hydrogens is 274 g/mol. The number of hydrogen-bond acceptors (Lipinski definition) is 6. The molecule has 0 aliphatic carbocycles. The topological polar surface area (TPSA) is 56.3 Å². The molecule has 0 bridgehead atoms. The summed E-state index contributed by atoms with van der Waals surface area (Å²) in [5.41, 5.74) is 2.02. The van der Waals surface area contributed by atoms with Crippen molar-refractivity contribution in [3.05, 3.63) is 40.1 Å². The largest absolute Gasteiger partial charge is 0.485 e. The fourth-order valence-corrected chi connectivity index (χ4v) is 2.29. The third-order valence-electron chi connectivity index (χ3n) is 2.62. The van der Waals surface area contributed by atoms with E-state index in [-0.39, 0.29) is 0 Å². The Kier molecular flexibility index (Phi) is 5.91. The molecule has 0 saturated heterocycles. The van der Waals surface area contributed by atoms with Gasteiger partial charge in [-0.1, -0.05) is 0 Å². The number of nitrogens with one attached hydrogen (secondary N) is 1. The van der Waals surface area contributed by atoms with E-state index in [1.54, 1.807) is 24.6 Å². The summed E-state index contributed by atoms with van der Waals surface area (Å²) in [6, 6.07) is 3.89. The van der Waals surface area contributed by atoms with Crippen LogP contribution in [-0.2, 0) is 17.9 Å². The van der Waals surface area contributed by atoms with Crippen LogP contribution in [0.2, 0.25) is 0 Å². The number of aromatic nitrogens is 2. The van der Waals surface area contributed by atoms with Gasteiger partial charge >= 0.3 is 0 Å². The number of aryl methyl sites for hydroxylation is 1. The highest BCUT2D eigenvalue weighted by Crippen LogP contribution is 2.14. The van der Waals surface area contributed by atoms with Gasteiger partial charge in [-0.05, 0) is 19.1 Å². The molecule has 0 atom stereocenters. The smallest absolute Gasteiger partial charge is 0.140 e. The quantitative estimate of drug-likeness (QED) is 0.756. The van der Waals surface area contributed by atoms with E-state index in [4.69, 9.17) is 9.47 Å². The molecule has 2 aromatic heterocycles. The Labute approximate surface area is 123 Å². The van der Waals surface area contributed by atoms with Crippen LogP contribution in [0.4, 0.5) is 0 Å². The Morgan fingerprint density at radius 2 is 2.25 bits per heavy atom. The maximum absolute atomic E-state index is 5.65. The normalized spacial score (nSPS) is 10.7. The maximum Gasteiger partial charge on any atom is 0.140 e. The maximum atomic E-state index is 5.65. The van der Waals surface area contributed by atoms with Gasteiger partial charge in [-0.25, -0.2) is 4.98 Å². The molecule has 0 aromatic carbocycles. The minimum absolute atomic E-state index is 0.492. The Bertz CT molecular complexity index is 513. The van der Waals surface area contributed by atoms with E-state index in [1.165, 1.54) is 0 Å². The van der Waals surface area contributed by atoms with Gasteiger partial charge in [0, 0.05) is 31.3 Å². The molecule has 0 spiro atoms. The van der Waals surface area contributed by atoms with Gasteiger partial charge in [0.15, 0.2) is 0 Å². The first kappa shape index (κ1) is 14.9. The van der Waals surface area contributed by atoms with Crippen LogP contribution >= 0.6 is 11.3 Å². The first-order valence-electron chi connectivity index (χ1n) is 6.46. The van der Waals surface area contributed by atoms with Crippen molar-refractivity contribution in [2.45, 2.75) is 20.1 Å². The van der Waals surface area contributed by atoms with Crippen LogP contribution in [0.5, 0.6) is 5.75 Å². The van der Waals surface area contributed by atoms with Gasteiger partial charge in [-0.15, -0.1) is 11.3 Å². The van der Waals surface area contributed by atoms with Crippen molar-refractivity contribution in [3.63, 3.8) is 0 Å². The minimum atomic E-state index is 0.492. The van der Waals surface area contributed by atoms with Gasteiger partial charge in [0.05, 0.1) is 18.5 Å². The number of rotatable bonds is 8. The van der Waals surface area contributed by atoms with Crippen molar-refractivity contribution in [1.29, 1.82) is 0 Å². The van der Waals surface area contributed by atoms with Crippen molar-refractivity contribution < 1.29 is 9.47 Å². The minimum Gasteiger partial charge on any atom is -0.485 e. The highest BCUT2D eigenvalue weighted by Gasteiger charge is 2.01. The summed E-state index contributed by atoms with van der Waals surface area (Å²) >= 11 is 1.61. The van der Waals surface area contributed by atoms with Crippen molar-refractivity contribution in [3.8, 4) is 5.75 Å². The van der Waals surface area contributed by atoms with E-state index >= 15 is 0 Å². The molecule has 2 aromatic rings. The average Bonchev–Trinajstić information content (AvgIpc) is 2.88. The molecule has 6 heteroatoms. The molecule has 0 amide bonds. The molecule has 2 rings (SSSR count). The fourth-order valence-electron chi connectivity index (χ4n) is 1.61. The number of ether oxygens (including phenoxy) is 2. The molecule has 5 nitrogen and oxygen atoms in total. The van der Waals surface area contributed by atoms with Crippen molar-refractivity contribution in [1.82, 2.24) is 15.3 Å². The summed E-state index contributed by atoms with van der Waals surface area (Å²) in [5, 5.41) is 6.25. The summed E-state index contributed by atoms with van der Waals surface area (Å²) in [7, 11) is 1.69. The van der Waals surface area contributed by atoms with Crippen LogP contribution in [-0.4, -0.2) is 30.2 Å². The lowest BCUT2D eigenvalue weighted by molar-refractivity contribution is 0.199. The Balaban J connectivity index is 1.76. The molecule has 108 valence electrons. The highest BCUT2D eigenvalue weighted by molar-refractivity contribution is 7.09. The van der Waals surface area contributed by atoms with E-state index in [0.717, 1.165) is 35.2 Å². The summed E-state index contributed by atoms with van der Waals surface area (Å²) in [6.45, 7) is 4.72. The SMILES string of the molecule is COCCNCc1ccc(OCc2nc(C)cs2)cn1. The summed E-state index contributed by atoms with van der Waals surface area (Å²) in [5.74, 6) is 0.762. The van der Waals surface area contributed by atoms with Crippen molar-refractivity contribution in [2.24, 2.45) is 0 Å². The zero-order valence-electron chi connectivity index (χ0n) is 11.8. The lowest BCUT2D eigenvalue weighted by Gasteiger charge is -2.06. The molecule has 2 heterocycles. The second-order valence-electron chi connectivity index (χ2n) is 4.33. The number of thiazole rings is 1. The van der Waals surface area contributed by atoms with Gasteiger partial charge < -0.3 is 14.8 Å². The molecule has 0 unspecified atom stereocenters. The monoisotopic (exact) mass is 293 g/mol. The summed E-state index contributed by atoms with van der Waals surface area (Å²) in [6.07, 6.45) is 1.74. The summed E-state index contributed by atoms with van der Waals surface area (Å²) in [4.78, 5) is 8.70. The lowest BCUT2D eigenvalue weighted by atomic mass is 10.3. The fraction of sp³-hybridized carbons (Fsp3) is 0.429. The Hall–Kier alpha value is -1.50. The van der Waals surface area contributed by atoms with Crippen LogP contribution in [0.3, 0.4) is 0 Å². The zero-order valence-corrected chi connectivity index (χ0v) is 12.6. The van der Waals surface area contributed by atoms with Crippen LogP contribution in [0.25, 0.3) is 0 Å². The third kappa shape index (κ3) is 4.88. The van der Waals surface area contributed by atoms with Gasteiger partial charge in [0.25, 0.3) is 0 Å². The first-order chi connectivity index (χ1) is 9.78. The van der Waals surface area contributed by atoms with Crippen LogP contribution in [0.15, 0.2) is 23.7 Å².